The molecule has 0 saturated heterocycles. The van der Waals surface area contributed by atoms with Crippen LogP contribution in [0.2, 0.25) is 0 Å². The van der Waals surface area contributed by atoms with Crippen molar-refractivity contribution in [2.75, 3.05) is 0 Å². The van der Waals surface area contributed by atoms with Crippen LogP contribution in [0.3, 0.4) is 0 Å². The van der Waals surface area contributed by atoms with Gasteiger partial charge in [-0.2, -0.15) is 0 Å². The predicted octanol–water partition coefficient (Wildman–Crippen LogP) is 29.0. The van der Waals surface area contributed by atoms with E-state index in [1.165, 1.54) is 213 Å². The maximum absolute atomic E-state index is 1.62. The van der Waals surface area contributed by atoms with Gasteiger partial charge >= 0.3 is 0 Å². The Morgan fingerprint density at radius 2 is 0.131 bits per heavy atom. The van der Waals surface area contributed by atoms with Crippen molar-refractivity contribution in [1.82, 2.24) is 0 Å². The Labute approximate surface area is 613 Å². The summed E-state index contributed by atoms with van der Waals surface area (Å²) in [7, 11) is 0. The van der Waals surface area contributed by atoms with E-state index in [0.717, 1.165) is 0 Å². The molecule has 0 spiro atoms. The molecule has 0 aromatic rings. The van der Waals surface area contributed by atoms with Gasteiger partial charge in [0.25, 0.3) is 0 Å². The molecule has 36 unspecified atom stereocenters. The Balaban J connectivity index is 0.0000000778. The van der Waals surface area contributed by atoms with Gasteiger partial charge in [0.05, 0.1) is 0 Å². The van der Waals surface area contributed by atoms with Gasteiger partial charge < -0.3 is 0 Å². The summed E-state index contributed by atoms with van der Waals surface area (Å²) in [6.07, 6.45) is 99.6. The molecule has 558 valence electrons. The lowest BCUT2D eigenvalue weighted by Crippen LogP contribution is -2.08. The standard InChI is InChI=1S/9C11H18/c9*1-3-8-7-9-4-2-6-11(9)10(8)5-1/h9*8-11H,1-7H2. The first-order valence-electron chi connectivity index (χ1n) is 49.0. The lowest BCUT2D eigenvalue weighted by atomic mass is 9.90. The molecule has 27 saturated carbocycles. The van der Waals surface area contributed by atoms with E-state index >= 15 is 0 Å². The minimum atomic E-state index is 1.19. The van der Waals surface area contributed by atoms with E-state index in [4.69, 9.17) is 0 Å². The summed E-state index contributed by atoms with van der Waals surface area (Å²) in [5, 5.41) is 0. The van der Waals surface area contributed by atoms with Crippen molar-refractivity contribution in [1.29, 1.82) is 0 Å². The molecule has 0 aliphatic heterocycles. The fourth-order valence-corrected chi connectivity index (χ4v) is 38.1. The molecule has 99 heavy (non-hydrogen) atoms. The maximum Gasteiger partial charge on any atom is -0.0355 e. The van der Waals surface area contributed by atoms with Crippen LogP contribution in [0.4, 0.5) is 0 Å². The third-order valence-corrected chi connectivity index (χ3v) is 41.3. The summed E-state index contributed by atoms with van der Waals surface area (Å²) in [6, 6.07) is 0. The average Bonchev–Trinajstić information content (AvgIpc) is 2.04. The highest BCUT2D eigenvalue weighted by atomic mass is 14.6. The number of fused-ring (bicyclic) bond motifs is 27. The molecule has 0 bridgehead atoms. The highest BCUT2D eigenvalue weighted by Gasteiger charge is 2.54. The van der Waals surface area contributed by atoms with E-state index in [0.29, 0.717) is 0 Å². The van der Waals surface area contributed by atoms with Crippen LogP contribution in [0.25, 0.3) is 0 Å². The van der Waals surface area contributed by atoms with E-state index in [1.54, 1.807) is 405 Å². The second kappa shape index (κ2) is 31.5. The van der Waals surface area contributed by atoms with E-state index < -0.39 is 0 Å². The zero-order chi connectivity index (χ0) is 65.3. The third kappa shape index (κ3) is 14.2. The molecule has 0 heterocycles. The molecule has 36 atom stereocenters. The van der Waals surface area contributed by atoms with Gasteiger partial charge in [-0.15, -0.1) is 0 Å². The molecule has 27 rings (SSSR count). The smallest absolute Gasteiger partial charge is 0.0355 e. The van der Waals surface area contributed by atoms with Gasteiger partial charge in [-0.3, -0.25) is 0 Å². The molecular weight excluding hydrogens is 1190 g/mol. The topological polar surface area (TPSA) is 0 Å². The summed E-state index contributed by atoms with van der Waals surface area (Å²) >= 11 is 0. The minimum absolute atomic E-state index is 1.19. The molecule has 27 aliphatic carbocycles. The summed E-state index contributed by atoms with van der Waals surface area (Å²) in [4.78, 5) is 0. The first kappa shape index (κ1) is 69.5. The molecule has 0 N–H and O–H groups in total. The van der Waals surface area contributed by atoms with Gasteiger partial charge in [0, 0.05) is 0 Å². The van der Waals surface area contributed by atoms with Crippen LogP contribution in [0, 0.1) is 213 Å². The van der Waals surface area contributed by atoms with Gasteiger partial charge in [0.15, 0.2) is 0 Å². The monoisotopic (exact) mass is 1350 g/mol. The van der Waals surface area contributed by atoms with E-state index in [2.05, 4.69) is 0 Å². The van der Waals surface area contributed by atoms with Gasteiger partial charge in [-0.25, -0.2) is 0 Å². The van der Waals surface area contributed by atoms with Crippen molar-refractivity contribution in [3.8, 4) is 0 Å². The summed E-state index contributed by atoms with van der Waals surface area (Å²) < 4.78 is 0. The third-order valence-electron chi connectivity index (χ3n) is 41.3. The van der Waals surface area contributed by atoms with Crippen molar-refractivity contribution < 1.29 is 0 Å². The van der Waals surface area contributed by atoms with Gasteiger partial charge in [-0.05, 0) is 386 Å². The Hall–Kier alpha value is 0. The molecule has 27 fully saturated rings. The molecular formula is C99H162. The highest BCUT2D eigenvalue weighted by molar-refractivity contribution is 5.04. The molecule has 27 aliphatic rings. The highest BCUT2D eigenvalue weighted by Crippen LogP contribution is 2.64. The maximum atomic E-state index is 1.62. The quantitative estimate of drug-likeness (QED) is 0.227. The largest absolute Gasteiger partial charge is 0.0527 e. The van der Waals surface area contributed by atoms with Crippen LogP contribution in [-0.4, -0.2) is 0 Å². The van der Waals surface area contributed by atoms with Crippen LogP contribution in [0.5, 0.6) is 0 Å². The summed E-state index contributed by atoms with van der Waals surface area (Å²) in [5.74, 6) is 42.9. The van der Waals surface area contributed by atoms with Crippen LogP contribution < -0.4 is 0 Å². The first-order chi connectivity index (χ1) is 49.0. The lowest BCUT2D eigenvalue weighted by Gasteiger charge is -2.15. The van der Waals surface area contributed by atoms with Crippen molar-refractivity contribution in [2.24, 2.45) is 213 Å². The minimum Gasteiger partial charge on any atom is -0.0527 e. The predicted molar refractivity (Wildman–Crippen MR) is 417 cm³/mol. The SMILES string of the molecule is C1CC2CC3CCCC3C2C1.C1CC2CC3CCCC3C2C1.C1CC2CC3CCCC3C2C1.C1CC2CC3CCCC3C2C1.C1CC2CC3CCCC3C2C1.C1CC2CC3CCCC3C2C1.C1CC2CC3CCCC3C2C1.C1CC2CC3CCCC3C2C1.C1CC2CC3CCCC3C2C1. The summed E-state index contributed by atoms with van der Waals surface area (Å²) in [5.41, 5.74) is 0. The van der Waals surface area contributed by atoms with Crippen molar-refractivity contribution in [3.05, 3.63) is 0 Å². The molecule has 0 aromatic heterocycles. The molecule has 0 aromatic carbocycles. The van der Waals surface area contributed by atoms with E-state index in [1.807, 2.05) is 0 Å². The number of rotatable bonds is 0. The Morgan fingerprint density at radius 3 is 0.192 bits per heavy atom. The molecule has 0 amide bonds. The van der Waals surface area contributed by atoms with Crippen molar-refractivity contribution in [3.63, 3.8) is 0 Å². The van der Waals surface area contributed by atoms with E-state index in [9.17, 15) is 0 Å². The van der Waals surface area contributed by atoms with Crippen molar-refractivity contribution >= 4 is 0 Å². The Bertz CT molecular complexity index is 1830. The molecule has 0 heteroatoms. The number of hydrogen-bond donors (Lipinski definition) is 0. The van der Waals surface area contributed by atoms with Crippen LogP contribution >= 0.6 is 0 Å². The van der Waals surface area contributed by atoms with Gasteiger partial charge in [0.1, 0.15) is 0 Å². The summed E-state index contributed by atoms with van der Waals surface area (Å²) in [6.45, 7) is 0. The number of hydrogen-bond acceptors (Lipinski definition) is 0. The fraction of sp³-hybridized carbons (Fsp3) is 1.00. The average molecular weight is 1350 g/mol. The zero-order valence-corrected chi connectivity index (χ0v) is 65.3. The Morgan fingerprint density at radius 1 is 0.0707 bits per heavy atom. The fourth-order valence-electron chi connectivity index (χ4n) is 38.1. The van der Waals surface area contributed by atoms with E-state index in [-0.39, 0.29) is 0 Å². The lowest BCUT2D eigenvalue weighted by molar-refractivity contribution is 0.334. The van der Waals surface area contributed by atoms with Gasteiger partial charge in [0.2, 0.25) is 0 Å². The zero-order valence-electron chi connectivity index (χ0n) is 65.3. The molecule has 0 nitrogen and oxygen atoms in total. The molecule has 0 radical (unpaired) electrons. The van der Waals surface area contributed by atoms with Crippen LogP contribution in [0.15, 0.2) is 0 Å². The first-order valence-corrected chi connectivity index (χ1v) is 49.0. The van der Waals surface area contributed by atoms with Crippen LogP contribution in [-0.2, 0) is 0 Å². The Kier molecular flexibility index (Phi) is 22.1. The van der Waals surface area contributed by atoms with Crippen LogP contribution in [0.1, 0.15) is 405 Å². The second-order valence-electron chi connectivity index (χ2n) is 44.5. The normalized spacial score (nSPS) is 54.5. The van der Waals surface area contributed by atoms with Crippen molar-refractivity contribution in [2.45, 2.75) is 405 Å². The second-order valence-corrected chi connectivity index (χ2v) is 44.5. The van der Waals surface area contributed by atoms with Gasteiger partial charge in [-0.1, -0.05) is 231 Å².